The van der Waals surface area contributed by atoms with Crippen molar-refractivity contribution in [2.45, 2.75) is 44.0 Å². The quantitative estimate of drug-likeness (QED) is 0.379. The van der Waals surface area contributed by atoms with Crippen molar-refractivity contribution in [1.82, 2.24) is 5.32 Å². The molecule has 16 heavy (non-hydrogen) atoms. The van der Waals surface area contributed by atoms with Crippen LogP contribution in [0.25, 0.3) is 0 Å². The van der Waals surface area contributed by atoms with Gasteiger partial charge in [0.2, 0.25) is 5.91 Å². The number of carbonyl (C=O) groups excluding carboxylic acids is 1. The molecule has 0 aliphatic heterocycles. The van der Waals surface area contributed by atoms with E-state index in [1.807, 2.05) is 0 Å². The Hall–Kier alpha value is -0.690. The lowest BCUT2D eigenvalue weighted by Crippen LogP contribution is -2.54. The smallest absolute Gasteiger partial charge is 0.222 e. The molecule has 0 aliphatic carbocycles. The highest BCUT2D eigenvalue weighted by Gasteiger charge is 2.44. The summed E-state index contributed by atoms with van der Waals surface area (Å²) < 4.78 is 0. The molecule has 1 amide bonds. The summed E-state index contributed by atoms with van der Waals surface area (Å²) in [6.07, 6.45) is -1.63. The van der Waals surface area contributed by atoms with Crippen molar-refractivity contribution >= 4 is 5.91 Å². The third-order valence-electron chi connectivity index (χ3n) is 2.79. The molecule has 6 heteroatoms. The summed E-state index contributed by atoms with van der Waals surface area (Å²) >= 11 is 0. The number of rotatable bonds is 6. The molecule has 0 spiro atoms. The highest BCUT2D eigenvalue weighted by Crippen LogP contribution is 2.29. The number of hydrogen-bond donors (Lipinski definition) is 5. The van der Waals surface area contributed by atoms with Crippen LogP contribution in [0.2, 0.25) is 0 Å². The zero-order chi connectivity index (χ0) is 13.0. The van der Waals surface area contributed by atoms with Gasteiger partial charge in [0.1, 0.15) is 0 Å². The van der Waals surface area contributed by atoms with Gasteiger partial charge in [-0.25, -0.2) is 0 Å². The second kappa shape index (κ2) is 5.58. The second-order valence-corrected chi connectivity index (χ2v) is 4.44. The van der Waals surface area contributed by atoms with E-state index >= 15 is 0 Å². The van der Waals surface area contributed by atoms with Gasteiger partial charge in [-0.3, -0.25) is 4.79 Å². The Morgan fingerprint density at radius 3 is 2.19 bits per heavy atom. The van der Waals surface area contributed by atoms with Crippen LogP contribution in [0.3, 0.4) is 0 Å². The highest BCUT2D eigenvalue weighted by atomic mass is 16.4. The van der Waals surface area contributed by atoms with Crippen molar-refractivity contribution in [3.8, 4) is 0 Å². The van der Waals surface area contributed by atoms with E-state index in [1.54, 1.807) is 0 Å². The lowest BCUT2D eigenvalue weighted by atomic mass is 9.79. The van der Waals surface area contributed by atoms with Crippen molar-refractivity contribution in [3.05, 3.63) is 0 Å². The molecular formula is C10H21NO5. The van der Waals surface area contributed by atoms with Crippen LogP contribution in [0.4, 0.5) is 0 Å². The standard InChI is InChI=1S/C10H21NO5/c1-9(15,4-7(13)6-12)10(2,16)5-8(14)11-3/h7,12-13,15-16H,4-6H2,1-3H3,(H,11,14). The largest absolute Gasteiger partial charge is 0.394 e. The maximum atomic E-state index is 11.1. The molecule has 0 aromatic carbocycles. The lowest BCUT2D eigenvalue weighted by Gasteiger charge is -2.39. The van der Waals surface area contributed by atoms with E-state index in [0.29, 0.717) is 0 Å². The molecule has 0 bridgehead atoms. The maximum absolute atomic E-state index is 11.1. The topological polar surface area (TPSA) is 110 Å². The first kappa shape index (κ1) is 15.3. The number of aliphatic hydroxyl groups excluding tert-OH is 2. The van der Waals surface area contributed by atoms with Gasteiger partial charge < -0.3 is 25.7 Å². The van der Waals surface area contributed by atoms with Crippen LogP contribution in [-0.4, -0.2) is 57.3 Å². The van der Waals surface area contributed by atoms with Crippen LogP contribution in [0.5, 0.6) is 0 Å². The first-order valence-corrected chi connectivity index (χ1v) is 5.10. The highest BCUT2D eigenvalue weighted by molar-refractivity contribution is 5.76. The predicted molar refractivity (Wildman–Crippen MR) is 57.6 cm³/mol. The summed E-state index contributed by atoms with van der Waals surface area (Å²) in [6.45, 7) is 2.12. The Labute approximate surface area is 94.9 Å². The number of carbonyl (C=O) groups is 1. The summed E-state index contributed by atoms with van der Waals surface area (Å²) in [5.41, 5.74) is -3.34. The van der Waals surface area contributed by atoms with Crippen molar-refractivity contribution in [2.24, 2.45) is 0 Å². The van der Waals surface area contributed by atoms with Crippen molar-refractivity contribution in [2.75, 3.05) is 13.7 Å². The Morgan fingerprint density at radius 2 is 1.81 bits per heavy atom. The van der Waals surface area contributed by atoms with Gasteiger partial charge in [0.15, 0.2) is 0 Å². The van der Waals surface area contributed by atoms with Gasteiger partial charge in [-0.1, -0.05) is 0 Å². The molecule has 6 nitrogen and oxygen atoms in total. The number of amides is 1. The first-order valence-electron chi connectivity index (χ1n) is 5.10. The molecule has 96 valence electrons. The molecule has 0 heterocycles. The van der Waals surface area contributed by atoms with Gasteiger partial charge in [0.05, 0.1) is 30.3 Å². The molecule has 0 saturated heterocycles. The zero-order valence-electron chi connectivity index (χ0n) is 9.90. The van der Waals surface area contributed by atoms with Crippen molar-refractivity contribution in [3.63, 3.8) is 0 Å². The minimum atomic E-state index is -1.68. The molecule has 0 saturated carbocycles. The Kier molecular flexibility index (Phi) is 5.34. The summed E-state index contributed by atoms with van der Waals surface area (Å²) in [5.74, 6) is -0.413. The molecule has 3 atom stereocenters. The SMILES string of the molecule is CNC(=O)CC(C)(O)C(C)(O)CC(O)CO. The average Bonchev–Trinajstić information content (AvgIpc) is 2.15. The molecule has 0 rings (SSSR count). The Bertz CT molecular complexity index is 239. The monoisotopic (exact) mass is 235 g/mol. The van der Waals surface area contributed by atoms with Crippen LogP contribution < -0.4 is 5.32 Å². The van der Waals surface area contributed by atoms with E-state index in [1.165, 1.54) is 20.9 Å². The van der Waals surface area contributed by atoms with Gasteiger partial charge in [-0.05, 0) is 13.8 Å². The molecular weight excluding hydrogens is 214 g/mol. The predicted octanol–water partition coefficient (Wildman–Crippen LogP) is -1.63. The lowest BCUT2D eigenvalue weighted by molar-refractivity contribution is -0.162. The van der Waals surface area contributed by atoms with Gasteiger partial charge in [-0.2, -0.15) is 0 Å². The second-order valence-electron chi connectivity index (χ2n) is 4.44. The van der Waals surface area contributed by atoms with E-state index < -0.39 is 29.8 Å². The van der Waals surface area contributed by atoms with Crippen LogP contribution >= 0.6 is 0 Å². The van der Waals surface area contributed by atoms with Crippen molar-refractivity contribution < 1.29 is 25.2 Å². The van der Waals surface area contributed by atoms with E-state index in [2.05, 4.69) is 5.32 Å². The van der Waals surface area contributed by atoms with Crippen LogP contribution in [-0.2, 0) is 4.79 Å². The summed E-state index contributed by atoms with van der Waals surface area (Å²) in [5, 5.41) is 40.2. The molecule has 0 aliphatic rings. The third-order valence-corrected chi connectivity index (χ3v) is 2.79. The fourth-order valence-electron chi connectivity index (χ4n) is 1.33. The molecule has 0 radical (unpaired) electrons. The summed E-state index contributed by atoms with van der Waals surface area (Å²) in [7, 11) is 1.43. The number of hydrogen-bond acceptors (Lipinski definition) is 5. The van der Waals surface area contributed by atoms with Gasteiger partial charge in [-0.15, -0.1) is 0 Å². The molecule has 0 aromatic heterocycles. The van der Waals surface area contributed by atoms with Gasteiger partial charge >= 0.3 is 0 Å². The fraction of sp³-hybridized carbons (Fsp3) is 0.900. The minimum Gasteiger partial charge on any atom is -0.394 e. The average molecular weight is 235 g/mol. The Balaban J connectivity index is 4.63. The van der Waals surface area contributed by atoms with E-state index in [-0.39, 0.29) is 12.8 Å². The summed E-state index contributed by atoms with van der Waals surface area (Å²) in [6, 6.07) is 0. The van der Waals surface area contributed by atoms with E-state index in [4.69, 9.17) is 5.11 Å². The van der Waals surface area contributed by atoms with Crippen LogP contribution in [0.15, 0.2) is 0 Å². The molecule has 0 fully saturated rings. The molecule has 5 N–H and O–H groups in total. The fourth-order valence-corrected chi connectivity index (χ4v) is 1.33. The number of nitrogens with one attached hydrogen (secondary N) is 1. The first-order chi connectivity index (χ1) is 7.16. The molecule has 3 unspecified atom stereocenters. The van der Waals surface area contributed by atoms with E-state index in [9.17, 15) is 20.1 Å². The minimum absolute atomic E-state index is 0.215. The Morgan fingerprint density at radius 1 is 1.31 bits per heavy atom. The number of aliphatic hydroxyl groups is 4. The van der Waals surface area contributed by atoms with Crippen LogP contribution in [0.1, 0.15) is 26.7 Å². The zero-order valence-corrected chi connectivity index (χ0v) is 9.90. The van der Waals surface area contributed by atoms with Gasteiger partial charge in [0, 0.05) is 13.5 Å². The van der Waals surface area contributed by atoms with E-state index in [0.717, 1.165) is 0 Å². The van der Waals surface area contributed by atoms with Crippen LogP contribution in [0, 0.1) is 0 Å². The molecule has 0 aromatic rings. The maximum Gasteiger partial charge on any atom is 0.222 e. The van der Waals surface area contributed by atoms with Gasteiger partial charge in [0.25, 0.3) is 0 Å². The summed E-state index contributed by atoms with van der Waals surface area (Å²) in [4.78, 5) is 11.1. The van der Waals surface area contributed by atoms with Crippen molar-refractivity contribution in [1.29, 1.82) is 0 Å². The third kappa shape index (κ3) is 4.05. The normalized spacial score (nSPS) is 20.7.